The highest BCUT2D eigenvalue weighted by Crippen LogP contribution is 2.49. The van der Waals surface area contributed by atoms with E-state index in [4.69, 9.17) is 23.2 Å². The lowest BCUT2D eigenvalue weighted by atomic mass is 9.85. The van der Waals surface area contributed by atoms with E-state index in [1.54, 1.807) is 12.1 Å². The Kier molecular flexibility index (Phi) is 4.96. The van der Waals surface area contributed by atoms with Crippen molar-refractivity contribution in [2.45, 2.75) is 38.8 Å². The molecular weight excluding hydrogens is 435 g/mol. The second kappa shape index (κ2) is 7.44. The first-order chi connectivity index (χ1) is 14.8. The molecule has 4 unspecified atom stereocenters. The lowest BCUT2D eigenvalue weighted by Gasteiger charge is -2.28. The summed E-state index contributed by atoms with van der Waals surface area (Å²) in [6, 6.07) is 9.65. The molecule has 0 N–H and O–H groups in total. The van der Waals surface area contributed by atoms with Gasteiger partial charge in [-0.05, 0) is 63.1 Å². The molecule has 5 rings (SSSR count). The van der Waals surface area contributed by atoms with E-state index in [1.807, 2.05) is 32.0 Å². The van der Waals surface area contributed by atoms with Crippen molar-refractivity contribution < 1.29 is 14.4 Å². The van der Waals surface area contributed by atoms with Crippen LogP contribution in [0.3, 0.4) is 0 Å². The largest absolute Gasteiger partial charge is 0.292 e. The number of carbonyl (C=O) groups is 3. The Labute approximate surface area is 190 Å². The number of amides is 2. The summed E-state index contributed by atoms with van der Waals surface area (Å²) in [5.74, 6) is -1.91. The number of nitrogens with zero attached hydrogens (tertiary/aromatic N) is 2. The van der Waals surface area contributed by atoms with Crippen molar-refractivity contribution in [2.75, 3.05) is 11.4 Å². The number of rotatable bonds is 3. The first-order valence-corrected chi connectivity index (χ1v) is 11.3. The Morgan fingerprint density at radius 3 is 2.45 bits per heavy atom. The van der Waals surface area contributed by atoms with Crippen molar-refractivity contribution >= 4 is 46.5 Å². The van der Waals surface area contributed by atoms with Crippen molar-refractivity contribution in [3.05, 3.63) is 63.1 Å². The highest BCUT2D eigenvalue weighted by molar-refractivity contribution is 6.37. The molecule has 2 aromatic rings. The zero-order chi connectivity index (χ0) is 22.0. The van der Waals surface area contributed by atoms with Crippen LogP contribution in [0.2, 0.25) is 10.0 Å². The summed E-state index contributed by atoms with van der Waals surface area (Å²) < 4.78 is 0. The molecule has 160 valence electrons. The summed E-state index contributed by atoms with van der Waals surface area (Å²) in [5.41, 5.74) is 2.88. The van der Waals surface area contributed by atoms with Crippen LogP contribution in [0, 0.1) is 25.7 Å². The molecule has 0 radical (unpaired) electrons. The van der Waals surface area contributed by atoms with Gasteiger partial charge in [-0.15, -0.1) is 0 Å². The van der Waals surface area contributed by atoms with Crippen LogP contribution in [0.4, 0.5) is 5.69 Å². The van der Waals surface area contributed by atoms with Crippen LogP contribution in [0.1, 0.15) is 34.3 Å². The van der Waals surface area contributed by atoms with Crippen LogP contribution in [0.15, 0.2) is 36.4 Å². The normalized spacial score (nSPS) is 27.7. The fourth-order valence-corrected chi connectivity index (χ4v) is 6.16. The fraction of sp³-hybridized carbons (Fsp3) is 0.375. The Morgan fingerprint density at radius 2 is 1.74 bits per heavy atom. The fourth-order valence-electron chi connectivity index (χ4n) is 5.66. The predicted octanol–water partition coefficient (Wildman–Crippen LogP) is 4.45. The molecule has 5 nitrogen and oxygen atoms in total. The molecule has 0 spiro atoms. The van der Waals surface area contributed by atoms with E-state index in [0.717, 1.165) is 24.0 Å². The van der Waals surface area contributed by atoms with Gasteiger partial charge in [-0.1, -0.05) is 40.9 Å². The number of carbonyl (C=O) groups excluding carboxylic acids is 3. The molecule has 3 heterocycles. The van der Waals surface area contributed by atoms with Crippen molar-refractivity contribution in [3.8, 4) is 0 Å². The molecule has 0 saturated carbocycles. The first kappa shape index (κ1) is 20.7. The molecular formula is C24H22Cl2N2O3. The highest BCUT2D eigenvalue weighted by Gasteiger charge is 2.64. The summed E-state index contributed by atoms with van der Waals surface area (Å²) in [6.07, 6.45) is 1.70. The topological polar surface area (TPSA) is 57.7 Å². The number of ketones is 1. The molecule has 0 bridgehead atoms. The molecule has 4 atom stereocenters. The maximum atomic E-state index is 13.6. The summed E-state index contributed by atoms with van der Waals surface area (Å²) in [4.78, 5) is 44.1. The van der Waals surface area contributed by atoms with Gasteiger partial charge in [0.2, 0.25) is 11.8 Å². The van der Waals surface area contributed by atoms with Gasteiger partial charge in [-0.2, -0.15) is 0 Å². The Hall–Kier alpha value is -2.21. The van der Waals surface area contributed by atoms with Crippen LogP contribution < -0.4 is 4.90 Å². The van der Waals surface area contributed by atoms with Crippen LogP contribution in [0.25, 0.3) is 0 Å². The molecule has 2 aromatic carbocycles. The van der Waals surface area contributed by atoms with Crippen LogP contribution in [-0.4, -0.2) is 41.1 Å². The van der Waals surface area contributed by atoms with Gasteiger partial charge in [0.15, 0.2) is 5.78 Å². The standard InChI is InChI=1S/C24H22Cl2N2O3/c1-12-5-8-17(13(2)10-12)28-23(30)19-18-4-3-9-27(18)21(20(19)24(28)31)22(29)15-7-6-14(25)11-16(15)26/h5-8,10-11,18-21H,3-4,9H2,1-2H3. The maximum absolute atomic E-state index is 13.6. The van der Waals surface area contributed by atoms with Crippen molar-refractivity contribution in [2.24, 2.45) is 11.8 Å². The number of hydrogen-bond acceptors (Lipinski definition) is 4. The van der Waals surface area contributed by atoms with Gasteiger partial charge < -0.3 is 0 Å². The van der Waals surface area contributed by atoms with Crippen LogP contribution >= 0.6 is 23.2 Å². The molecule has 31 heavy (non-hydrogen) atoms. The van der Waals surface area contributed by atoms with E-state index in [0.29, 0.717) is 22.8 Å². The molecule has 0 aromatic heterocycles. The molecule has 3 saturated heterocycles. The van der Waals surface area contributed by atoms with E-state index in [1.165, 1.54) is 11.0 Å². The van der Waals surface area contributed by atoms with Gasteiger partial charge in [0.05, 0.1) is 28.6 Å². The zero-order valence-corrected chi connectivity index (χ0v) is 18.8. The van der Waals surface area contributed by atoms with Crippen molar-refractivity contribution in [3.63, 3.8) is 0 Å². The second-order valence-corrected chi connectivity index (χ2v) is 9.58. The number of anilines is 1. The Morgan fingerprint density at radius 1 is 1.00 bits per heavy atom. The van der Waals surface area contributed by atoms with E-state index in [2.05, 4.69) is 4.90 Å². The lowest BCUT2D eigenvalue weighted by Crippen LogP contribution is -2.46. The Balaban J connectivity index is 1.57. The minimum atomic E-state index is -0.697. The first-order valence-electron chi connectivity index (χ1n) is 10.5. The third-order valence-electron chi connectivity index (χ3n) is 6.91. The zero-order valence-electron chi connectivity index (χ0n) is 17.3. The van der Waals surface area contributed by atoms with Gasteiger partial charge in [0, 0.05) is 16.6 Å². The molecule has 2 amide bonds. The van der Waals surface area contributed by atoms with Crippen molar-refractivity contribution in [1.29, 1.82) is 0 Å². The SMILES string of the molecule is Cc1ccc(N2C(=O)C3C(C2=O)C(C(=O)c2ccc(Cl)cc2Cl)N2CCCC32)c(C)c1. The minimum absolute atomic E-state index is 0.0998. The monoisotopic (exact) mass is 456 g/mol. The summed E-state index contributed by atoms with van der Waals surface area (Å²) in [6.45, 7) is 4.57. The number of imide groups is 1. The molecule has 3 aliphatic rings. The van der Waals surface area contributed by atoms with Crippen LogP contribution in [-0.2, 0) is 9.59 Å². The number of halogens is 2. The number of hydrogen-bond donors (Lipinski definition) is 0. The molecule has 0 aliphatic carbocycles. The summed E-state index contributed by atoms with van der Waals surface area (Å²) in [5, 5.41) is 0.706. The van der Waals surface area contributed by atoms with E-state index in [9.17, 15) is 14.4 Å². The van der Waals surface area contributed by atoms with Gasteiger partial charge in [-0.25, -0.2) is 4.90 Å². The van der Waals surface area contributed by atoms with Gasteiger partial charge >= 0.3 is 0 Å². The van der Waals surface area contributed by atoms with Gasteiger partial charge in [0.25, 0.3) is 0 Å². The molecule has 3 aliphatic heterocycles. The van der Waals surface area contributed by atoms with E-state index < -0.39 is 17.9 Å². The average molecular weight is 457 g/mol. The third-order valence-corrected chi connectivity index (χ3v) is 7.46. The quantitative estimate of drug-likeness (QED) is 0.505. The highest BCUT2D eigenvalue weighted by atomic mass is 35.5. The van der Waals surface area contributed by atoms with Crippen molar-refractivity contribution in [1.82, 2.24) is 4.90 Å². The number of aryl methyl sites for hydroxylation is 2. The van der Waals surface area contributed by atoms with Crippen LogP contribution in [0.5, 0.6) is 0 Å². The van der Waals surface area contributed by atoms with E-state index in [-0.39, 0.29) is 28.7 Å². The summed E-state index contributed by atoms with van der Waals surface area (Å²) >= 11 is 12.3. The lowest BCUT2D eigenvalue weighted by molar-refractivity contribution is -0.123. The number of Topliss-reactive ketones (excluding diaryl/α,β-unsaturated/α-hetero) is 1. The summed E-state index contributed by atoms with van der Waals surface area (Å²) in [7, 11) is 0. The van der Waals surface area contributed by atoms with E-state index >= 15 is 0 Å². The predicted molar refractivity (Wildman–Crippen MR) is 120 cm³/mol. The van der Waals surface area contributed by atoms with Gasteiger partial charge in [-0.3, -0.25) is 19.3 Å². The third kappa shape index (κ3) is 3.05. The smallest absolute Gasteiger partial charge is 0.239 e. The average Bonchev–Trinajstić information content (AvgIpc) is 3.35. The number of benzene rings is 2. The second-order valence-electron chi connectivity index (χ2n) is 8.73. The molecule has 7 heteroatoms. The minimum Gasteiger partial charge on any atom is -0.292 e. The number of fused-ring (bicyclic) bond motifs is 3. The van der Waals surface area contributed by atoms with Gasteiger partial charge in [0.1, 0.15) is 0 Å². The Bertz CT molecular complexity index is 1130. The molecule has 3 fully saturated rings. The maximum Gasteiger partial charge on any atom is 0.239 e.